The SMILES string of the molecule is O=C(Cc1ccccc1F)NCC(=O)N1CCN(c2ccc(F)cc2)CC1. The van der Waals surface area contributed by atoms with Crippen molar-refractivity contribution in [3.05, 3.63) is 65.7 Å². The number of hydrogen-bond acceptors (Lipinski definition) is 3. The topological polar surface area (TPSA) is 52.7 Å². The van der Waals surface area contributed by atoms with E-state index in [4.69, 9.17) is 0 Å². The van der Waals surface area contributed by atoms with Crippen LogP contribution in [-0.4, -0.2) is 49.4 Å². The van der Waals surface area contributed by atoms with E-state index in [0.717, 1.165) is 5.69 Å². The van der Waals surface area contributed by atoms with Crippen LogP contribution >= 0.6 is 0 Å². The third-order valence-corrected chi connectivity index (χ3v) is 4.57. The highest BCUT2D eigenvalue weighted by Crippen LogP contribution is 2.16. The van der Waals surface area contributed by atoms with Gasteiger partial charge in [-0.2, -0.15) is 0 Å². The first kappa shape index (κ1) is 18.8. The monoisotopic (exact) mass is 373 g/mol. The number of anilines is 1. The molecule has 5 nitrogen and oxygen atoms in total. The van der Waals surface area contributed by atoms with Gasteiger partial charge < -0.3 is 15.1 Å². The Hall–Kier alpha value is -2.96. The summed E-state index contributed by atoms with van der Waals surface area (Å²) in [6.45, 7) is 2.23. The molecule has 2 aromatic rings. The van der Waals surface area contributed by atoms with E-state index in [9.17, 15) is 18.4 Å². The molecule has 7 heteroatoms. The van der Waals surface area contributed by atoms with Gasteiger partial charge >= 0.3 is 0 Å². The summed E-state index contributed by atoms with van der Waals surface area (Å²) in [6.07, 6.45) is -0.0989. The first-order valence-electron chi connectivity index (χ1n) is 8.81. The predicted molar refractivity (Wildman–Crippen MR) is 98.3 cm³/mol. The van der Waals surface area contributed by atoms with E-state index < -0.39 is 11.7 Å². The number of carbonyl (C=O) groups is 2. The maximum absolute atomic E-state index is 13.6. The van der Waals surface area contributed by atoms with E-state index in [1.54, 1.807) is 35.2 Å². The van der Waals surface area contributed by atoms with Gasteiger partial charge in [-0.3, -0.25) is 9.59 Å². The number of hydrogen-bond donors (Lipinski definition) is 1. The van der Waals surface area contributed by atoms with E-state index >= 15 is 0 Å². The number of nitrogens with one attached hydrogen (secondary N) is 1. The zero-order valence-electron chi connectivity index (χ0n) is 14.8. The van der Waals surface area contributed by atoms with Crippen LogP contribution in [0.2, 0.25) is 0 Å². The van der Waals surface area contributed by atoms with Gasteiger partial charge in [-0.15, -0.1) is 0 Å². The van der Waals surface area contributed by atoms with Crippen LogP contribution in [0.4, 0.5) is 14.5 Å². The van der Waals surface area contributed by atoms with Gasteiger partial charge in [0.25, 0.3) is 0 Å². The summed E-state index contributed by atoms with van der Waals surface area (Å²) in [4.78, 5) is 28.0. The van der Waals surface area contributed by atoms with E-state index in [0.29, 0.717) is 31.7 Å². The molecule has 1 N–H and O–H groups in total. The normalized spacial score (nSPS) is 14.1. The van der Waals surface area contributed by atoms with E-state index in [1.165, 1.54) is 18.2 Å². The second kappa shape index (κ2) is 8.62. The first-order chi connectivity index (χ1) is 13.0. The highest BCUT2D eigenvalue weighted by Gasteiger charge is 2.21. The Morgan fingerprint density at radius 1 is 0.926 bits per heavy atom. The average molecular weight is 373 g/mol. The lowest BCUT2D eigenvalue weighted by atomic mass is 10.1. The Bertz CT molecular complexity index is 803. The lowest BCUT2D eigenvalue weighted by Gasteiger charge is -2.36. The van der Waals surface area contributed by atoms with Crippen molar-refractivity contribution >= 4 is 17.5 Å². The van der Waals surface area contributed by atoms with Crippen molar-refractivity contribution in [1.82, 2.24) is 10.2 Å². The quantitative estimate of drug-likeness (QED) is 0.872. The minimum atomic E-state index is -0.434. The average Bonchev–Trinajstić information content (AvgIpc) is 2.69. The van der Waals surface area contributed by atoms with Gasteiger partial charge in [0.05, 0.1) is 13.0 Å². The van der Waals surface area contributed by atoms with Gasteiger partial charge in [0, 0.05) is 31.9 Å². The van der Waals surface area contributed by atoms with Crippen LogP contribution in [0.1, 0.15) is 5.56 Å². The van der Waals surface area contributed by atoms with Gasteiger partial charge in [0.1, 0.15) is 11.6 Å². The molecule has 1 saturated heterocycles. The van der Waals surface area contributed by atoms with Crippen molar-refractivity contribution in [1.29, 1.82) is 0 Å². The van der Waals surface area contributed by atoms with Gasteiger partial charge in [0.2, 0.25) is 11.8 Å². The number of halogens is 2. The van der Waals surface area contributed by atoms with Crippen LogP contribution < -0.4 is 10.2 Å². The third-order valence-electron chi connectivity index (χ3n) is 4.57. The highest BCUT2D eigenvalue weighted by molar-refractivity contribution is 5.85. The maximum Gasteiger partial charge on any atom is 0.242 e. The fourth-order valence-corrected chi connectivity index (χ4v) is 3.03. The summed E-state index contributed by atoms with van der Waals surface area (Å²) in [6, 6.07) is 12.3. The van der Waals surface area contributed by atoms with Crippen LogP contribution in [0, 0.1) is 11.6 Å². The molecular weight excluding hydrogens is 352 g/mol. The van der Waals surface area contributed by atoms with Crippen molar-refractivity contribution in [2.45, 2.75) is 6.42 Å². The standard InChI is InChI=1S/C20H21F2N3O2/c21-16-5-7-17(8-6-16)24-9-11-25(12-10-24)20(27)14-23-19(26)13-15-3-1-2-4-18(15)22/h1-8H,9-14H2,(H,23,26). The Labute approximate surface area is 156 Å². The summed E-state index contributed by atoms with van der Waals surface area (Å²) in [7, 11) is 0. The number of nitrogens with zero attached hydrogens (tertiary/aromatic N) is 2. The molecule has 1 aliphatic heterocycles. The number of amides is 2. The maximum atomic E-state index is 13.6. The minimum absolute atomic E-state index is 0.0989. The van der Waals surface area contributed by atoms with Crippen molar-refractivity contribution in [3.8, 4) is 0 Å². The number of piperazine rings is 1. The largest absolute Gasteiger partial charge is 0.368 e. The molecule has 1 aliphatic rings. The molecular formula is C20H21F2N3O2. The molecule has 142 valence electrons. The van der Waals surface area contributed by atoms with Crippen LogP contribution in [0.3, 0.4) is 0 Å². The van der Waals surface area contributed by atoms with Gasteiger partial charge in [-0.1, -0.05) is 18.2 Å². The predicted octanol–water partition coefficient (Wildman–Crippen LogP) is 1.97. The molecule has 2 aromatic carbocycles. The Balaban J connectivity index is 1.43. The van der Waals surface area contributed by atoms with E-state index in [2.05, 4.69) is 10.2 Å². The molecule has 0 aromatic heterocycles. The Morgan fingerprint density at radius 3 is 2.26 bits per heavy atom. The molecule has 2 amide bonds. The molecule has 0 spiro atoms. The Kier molecular flexibility index (Phi) is 6.01. The van der Waals surface area contributed by atoms with Gasteiger partial charge in [-0.05, 0) is 35.9 Å². The number of rotatable bonds is 5. The summed E-state index contributed by atoms with van der Waals surface area (Å²) in [5.74, 6) is -1.27. The molecule has 27 heavy (non-hydrogen) atoms. The van der Waals surface area contributed by atoms with Crippen LogP contribution in [-0.2, 0) is 16.0 Å². The Morgan fingerprint density at radius 2 is 1.59 bits per heavy atom. The molecule has 0 atom stereocenters. The molecule has 0 radical (unpaired) electrons. The summed E-state index contributed by atoms with van der Waals surface area (Å²) in [5.41, 5.74) is 1.22. The second-order valence-electron chi connectivity index (χ2n) is 6.39. The summed E-state index contributed by atoms with van der Waals surface area (Å²) >= 11 is 0. The van der Waals surface area contributed by atoms with E-state index in [1.807, 2.05) is 0 Å². The smallest absolute Gasteiger partial charge is 0.242 e. The van der Waals surface area contributed by atoms with Gasteiger partial charge in [-0.25, -0.2) is 8.78 Å². The number of carbonyl (C=O) groups excluding carboxylic acids is 2. The van der Waals surface area contributed by atoms with Gasteiger partial charge in [0.15, 0.2) is 0 Å². The number of benzene rings is 2. The zero-order valence-corrected chi connectivity index (χ0v) is 14.8. The third kappa shape index (κ3) is 5.03. The molecule has 1 heterocycles. The molecule has 0 aliphatic carbocycles. The first-order valence-corrected chi connectivity index (χ1v) is 8.81. The molecule has 0 saturated carbocycles. The van der Waals surface area contributed by atoms with E-state index in [-0.39, 0.29) is 24.7 Å². The molecule has 1 fully saturated rings. The second-order valence-corrected chi connectivity index (χ2v) is 6.39. The zero-order chi connectivity index (χ0) is 19.2. The minimum Gasteiger partial charge on any atom is -0.368 e. The molecule has 0 unspecified atom stereocenters. The summed E-state index contributed by atoms with van der Waals surface area (Å²) < 4.78 is 26.6. The highest BCUT2D eigenvalue weighted by atomic mass is 19.1. The van der Waals surface area contributed by atoms with Crippen molar-refractivity contribution in [2.75, 3.05) is 37.6 Å². The lowest BCUT2D eigenvalue weighted by molar-refractivity contribution is -0.133. The van der Waals surface area contributed by atoms with Crippen molar-refractivity contribution in [3.63, 3.8) is 0 Å². The fourth-order valence-electron chi connectivity index (χ4n) is 3.03. The molecule has 0 bridgehead atoms. The molecule has 3 rings (SSSR count). The lowest BCUT2D eigenvalue weighted by Crippen LogP contribution is -2.51. The van der Waals surface area contributed by atoms with Crippen LogP contribution in [0.15, 0.2) is 48.5 Å². The fraction of sp³-hybridized carbons (Fsp3) is 0.300. The van der Waals surface area contributed by atoms with Crippen LogP contribution in [0.25, 0.3) is 0 Å². The van der Waals surface area contributed by atoms with Crippen molar-refractivity contribution < 1.29 is 18.4 Å². The van der Waals surface area contributed by atoms with Crippen LogP contribution in [0.5, 0.6) is 0 Å². The van der Waals surface area contributed by atoms with Crippen molar-refractivity contribution in [2.24, 2.45) is 0 Å². The summed E-state index contributed by atoms with van der Waals surface area (Å²) in [5, 5.41) is 2.55.